The maximum Gasteiger partial charge on any atom is 0.324 e. The van der Waals surface area contributed by atoms with E-state index in [0.29, 0.717) is 6.54 Å². The lowest BCUT2D eigenvalue weighted by atomic mass is 10.1. The highest BCUT2D eigenvalue weighted by Crippen LogP contribution is 2.29. The predicted octanol–water partition coefficient (Wildman–Crippen LogP) is 4.29. The molecule has 0 unspecified atom stereocenters. The second kappa shape index (κ2) is 7.04. The van der Waals surface area contributed by atoms with E-state index in [4.69, 9.17) is 4.74 Å². The van der Waals surface area contributed by atoms with E-state index in [1.807, 2.05) is 58.3 Å². The number of para-hydroxylation sites is 1. The van der Waals surface area contributed by atoms with Crippen LogP contribution in [-0.4, -0.2) is 31.1 Å². The SMILES string of the molecule is COc1ccc(CN(C(=O)N2CCC2)c2ccccc2Br)cc1. The van der Waals surface area contributed by atoms with Gasteiger partial charge >= 0.3 is 6.03 Å². The predicted molar refractivity (Wildman–Crippen MR) is 94.9 cm³/mol. The molecule has 1 aliphatic rings. The Morgan fingerprint density at radius 3 is 2.43 bits per heavy atom. The average Bonchev–Trinajstić information content (AvgIpc) is 2.52. The van der Waals surface area contributed by atoms with Crippen LogP contribution in [0.4, 0.5) is 10.5 Å². The van der Waals surface area contributed by atoms with Crippen molar-refractivity contribution in [1.29, 1.82) is 0 Å². The monoisotopic (exact) mass is 374 g/mol. The summed E-state index contributed by atoms with van der Waals surface area (Å²) in [6.45, 7) is 2.20. The molecule has 0 aromatic heterocycles. The zero-order valence-electron chi connectivity index (χ0n) is 13.0. The highest BCUT2D eigenvalue weighted by atomic mass is 79.9. The number of urea groups is 1. The molecule has 0 atom stereocenters. The summed E-state index contributed by atoms with van der Waals surface area (Å²) in [6.07, 6.45) is 1.08. The van der Waals surface area contributed by atoms with Gasteiger partial charge in [-0.1, -0.05) is 24.3 Å². The number of amides is 2. The summed E-state index contributed by atoms with van der Waals surface area (Å²) in [5, 5.41) is 0. The number of ether oxygens (including phenoxy) is 1. The van der Waals surface area contributed by atoms with Crippen molar-refractivity contribution >= 4 is 27.6 Å². The lowest BCUT2D eigenvalue weighted by molar-refractivity contribution is 0.174. The van der Waals surface area contributed by atoms with E-state index in [1.165, 1.54) is 0 Å². The molecule has 1 heterocycles. The van der Waals surface area contributed by atoms with Crippen LogP contribution in [0.3, 0.4) is 0 Å². The Kier molecular flexibility index (Phi) is 4.86. The third kappa shape index (κ3) is 3.50. The highest BCUT2D eigenvalue weighted by molar-refractivity contribution is 9.10. The summed E-state index contributed by atoms with van der Waals surface area (Å²) in [5.74, 6) is 0.815. The summed E-state index contributed by atoms with van der Waals surface area (Å²) in [5.41, 5.74) is 1.95. The molecule has 2 amide bonds. The maximum atomic E-state index is 12.8. The van der Waals surface area contributed by atoms with Gasteiger partial charge in [-0.2, -0.15) is 0 Å². The minimum Gasteiger partial charge on any atom is -0.497 e. The van der Waals surface area contributed by atoms with Gasteiger partial charge in [-0.15, -0.1) is 0 Å². The standard InChI is InChI=1S/C18H19BrN2O2/c1-23-15-9-7-14(8-10-15)13-21(18(22)20-11-4-12-20)17-6-3-2-5-16(17)19/h2-3,5-10H,4,11-13H2,1H3. The Balaban J connectivity index is 1.87. The van der Waals surface area contributed by atoms with E-state index in [0.717, 1.165) is 41.0 Å². The van der Waals surface area contributed by atoms with Crippen molar-refractivity contribution in [2.45, 2.75) is 13.0 Å². The number of halogens is 1. The first-order valence-electron chi connectivity index (χ1n) is 7.63. The number of rotatable bonds is 4. The number of methoxy groups -OCH3 is 1. The number of carbonyl (C=O) groups excluding carboxylic acids is 1. The Labute approximate surface area is 144 Å². The zero-order chi connectivity index (χ0) is 16.2. The molecule has 0 radical (unpaired) electrons. The first-order chi connectivity index (χ1) is 11.2. The highest BCUT2D eigenvalue weighted by Gasteiger charge is 2.27. The molecule has 0 N–H and O–H groups in total. The molecule has 1 saturated heterocycles. The van der Waals surface area contributed by atoms with Crippen molar-refractivity contribution < 1.29 is 9.53 Å². The summed E-state index contributed by atoms with van der Waals surface area (Å²) < 4.78 is 6.11. The maximum absolute atomic E-state index is 12.8. The Morgan fingerprint density at radius 2 is 1.87 bits per heavy atom. The number of likely N-dealkylation sites (tertiary alicyclic amines) is 1. The fraction of sp³-hybridized carbons (Fsp3) is 0.278. The molecular formula is C18H19BrN2O2. The molecule has 120 valence electrons. The van der Waals surface area contributed by atoms with E-state index in [2.05, 4.69) is 15.9 Å². The van der Waals surface area contributed by atoms with Gasteiger partial charge in [0.05, 0.1) is 19.3 Å². The molecule has 3 rings (SSSR count). The van der Waals surface area contributed by atoms with Crippen molar-refractivity contribution in [1.82, 2.24) is 4.90 Å². The van der Waals surface area contributed by atoms with Crippen molar-refractivity contribution in [2.75, 3.05) is 25.1 Å². The van der Waals surface area contributed by atoms with Crippen LogP contribution in [0.15, 0.2) is 53.0 Å². The van der Waals surface area contributed by atoms with Crippen LogP contribution >= 0.6 is 15.9 Å². The number of nitrogens with zero attached hydrogens (tertiary/aromatic N) is 2. The van der Waals surface area contributed by atoms with Crippen LogP contribution < -0.4 is 9.64 Å². The van der Waals surface area contributed by atoms with Crippen LogP contribution in [0.1, 0.15) is 12.0 Å². The van der Waals surface area contributed by atoms with Crippen LogP contribution in [0.5, 0.6) is 5.75 Å². The molecule has 1 fully saturated rings. The average molecular weight is 375 g/mol. The Morgan fingerprint density at radius 1 is 1.17 bits per heavy atom. The molecule has 4 nitrogen and oxygen atoms in total. The van der Waals surface area contributed by atoms with Crippen molar-refractivity contribution in [2.24, 2.45) is 0 Å². The normalized spacial score (nSPS) is 13.4. The molecule has 0 aliphatic carbocycles. The minimum atomic E-state index is 0.0546. The lowest BCUT2D eigenvalue weighted by Gasteiger charge is -2.36. The van der Waals surface area contributed by atoms with Gasteiger partial charge in [0.25, 0.3) is 0 Å². The van der Waals surface area contributed by atoms with E-state index >= 15 is 0 Å². The number of hydrogen-bond acceptors (Lipinski definition) is 2. The van der Waals surface area contributed by atoms with E-state index in [-0.39, 0.29) is 6.03 Å². The fourth-order valence-corrected chi connectivity index (χ4v) is 3.02. The van der Waals surface area contributed by atoms with Crippen molar-refractivity contribution in [3.8, 4) is 5.75 Å². The quantitative estimate of drug-likeness (QED) is 0.799. The number of carbonyl (C=O) groups is 1. The molecule has 2 aromatic carbocycles. The fourth-order valence-electron chi connectivity index (χ4n) is 2.52. The van der Waals surface area contributed by atoms with Gasteiger partial charge < -0.3 is 9.64 Å². The van der Waals surface area contributed by atoms with Gasteiger partial charge in [-0.25, -0.2) is 4.79 Å². The molecular weight excluding hydrogens is 356 g/mol. The second-order valence-electron chi connectivity index (χ2n) is 5.51. The molecule has 1 aliphatic heterocycles. The largest absolute Gasteiger partial charge is 0.497 e. The van der Waals surface area contributed by atoms with Crippen LogP contribution in [0.2, 0.25) is 0 Å². The first kappa shape index (κ1) is 15.9. The second-order valence-corrected chi connectivity index (χ2v) is 6.36. The summed E-state index contributed by atoms with van der Waals surface area (Å²) >= 11 is 3.56. The molecule has 2 aromatic rings. The summed E-state index contributed by atoms with van der Waals surface area (Å²) in [7, 11) is 1.65. The topological polar surface area (TPSA) is 32.8 Å². The Hall–Kier alpha value is -2.01. The van der Waals surface area contributed by atoms with Crippen molar-refractivity contribution in [3.63, 3.8) is 0 Å². The third-order valence-electron chi connectivity index (χ3n) is 4.00. The van der Waals surface area contributed by atoms with E-state index in [1.54, 1.807) is 7.11 Å². The van der Waals surface area contributed by atoms with Gasteiger partial charge in [-0.3, -0.25) is 4.90 Å². The summed E-state index contributed by atoms with van der Waals surface area (Å²) in [4.78, 5) is 16.5. The lowest BCUT2D eigenvalue weighted by Crippen LogP contribution is -2.49. The smallest absolute Gasteiger partial charge is 0.324 e. The Bertz CT molecular complexity index is 684. The molecule has 0 bridgehead atoms. The zero-order valence-corrected chi connectivity index (χ0v) is 14.6. The number of hydrogen-bond donors (Lipinski definition) is 0. The molecule has 0 spiro atoms. The van der Waals surface area contributed by atoms with E-state index < -0.39 is 0 Å². The van der Waals surface area contributed by atoms with Gasteiger partial charge in [0.1, 0.15) is 5.75 Å². The molecule has 5 heteroatoms. The summed E-state index contributed by atoms with van der Waals surface area (Å²) in [6, 6.07) is 15.7. The number of benzene rings is 2. The van der Waals surface area contributed by atoms with Gasteiger partial charge in [0, 0.05) is 17.6 Å². The molecule has 23 heavy (non-hydrogen) atoms. The van der Waals surface area contributed by atoms with Gasteiger partial charge in [-0.05, 0) is 52.2 Å². The number of anilines is 1. The third-order valence-corrected chi connectivity index (χ3v) is 4.67. The van der Waals surface area contributed by atoms with E-state index in [9.17, 15) is 4.79 Å². The van der Waals surface area contributed by atoms with Crippen LogP contribution in [0.25, 0.3) is 0 Å². The van der Waals surface area contributed by atoms with Crippen LogP contribution in [0, 0.1) is 0 Å². The molecule has 0 saturated carbocycles. The van der Waals surface area contributed by atoms with Gasteiger partial charge in [0.2, 0.25) is 0 Å². The first-order valence-corrected chi connectivity index (χ1v) is 8.42. The van der Waals surface area contributed by atoms with Gasteiger partial charge in [0.15, 0.2) is 0 Å². The minimum absolute atomic E-state index is 0.0546. The van der Waals surface area contributed by atoms with Crippen LogP contribution in [-0.2, 0) is 6.54 Å². The van der Waals surface area contributed by atoms with Crippen molar-refractivity contribution in [3.05, 3.63) is 58.6 Å².